The smallest absolute Gasteiger partial charge is 0.328 e. The van der Waals surface area contributed by atoms with Crippen LogP contribution in [0.4, 0.5) is 5.95 Å². The van der Waals surface area contributed by atoms with Gasteiger partial charge in [0.25, 0.3) is 0 Å². The van der Waals surface area contributed by atoms with Crippen LogP contribution in [0.1, 0.15) is 19.8 Å². The first-order chi connectivity index (χ1) is 10.9. The third-order valence-electron chi connectivity index (χ3n) is 3.90. The summed E-state index contributed by atoms with van der Waals surface area (Å²) in [5.41, 5.74) is 2.11. The normalized spacial score (nSPS) is 11.5. The van der Waals surface area contributed by atoms with E-state index in [0.29, 0.717) is 5.95 Å². The Morgan fingerprint density at radius 1 is 1.05 bits per heavy atom. The molecule has 22 heavy (non-hydrogen) atoms. The van der Waals surface area contributed by atoms with E-state index in [4.69, 9.17) is 0 Å². The molecule has 0 aliphatic carbocycles. The number of para-hydroxylation sites is 2. The SMILES string of the molecule is CCCCNc1nn2c3ccccc3c3ccccc3[n+]2n1. The molecule has 0 radical (unpaired) electrons. The summed E-state index contributed by atoms with van der Waals surface area (Å²) in [4.78, 5) is 0. The fraction of sp³-hybridized carbons (Fsp3) is 0.235. The molecule has 0 unspecified atom stereocenters. The monoisotopic (exact) mass is 292 g/mol. The zero-order valence-electron chi connectivity index (χ0n) is 12.5. The molecule has 0 aliphatic rings. The number of hydrogen-bond acceptors (Lipinski definition) is 3. The summed E-state index contributed by atoms with van der Waals surface area (Å²) in [7, 11) is 0. The standard InChI is InChI=1S/C17H18N5/c1-2-3-12-18-17-19-21-15-10-6-4-8-13(15)14-9-5-7-11-16(14)22(21)20-17/h4-11H,2-3,12H2,1H3,(H,18,19,20)/q+1. The third kappa shape index (κ3) is 1.97. The highest BCUT2D eigenvalue weighted by atomic mass is 15.6. The van der Waals surface area contributed by atoms with Gasteiger partial charge >= 0.3 is 5.95 Å². The summed E-state index contributed by atoms with van der Waals surface area (Å²) in [6.45, 7) is 3.07. The number of hydrogen-bond donors (Lipinski definition) is 1. The molecule has 110 valence electrons. The van der Waals surface area contributed by atoms with Crippen molar-refractivity contribution in [3.05, 3.63) is 48.5 Å². The topological polar surface area (TPSA) is 46.3 Å². The van der Waals surface area contributed by atoms with Crippen LogP contribution < -0.4 is 9.95 Å². The lowest BCUT2D eigenvalue weighted by Crippen LogP contribution is -2.33. The van der Waals surface area contributed by atoms with Gasteiger partial charge < -0.3 is 5.32 Å². The van der Waals surface area contributed by atoms with Gasteiger partial charge in [0.2, 0.25) is 0 Å². The van der Waals surface area contributed by atoms with Crippen LogP contribution in [0.3, 0.4) is 0 Å². The van der Waals surface area contributed by atoms with Gasteiger partial charge in [-0.15, -0.1) is 0 Å². The maximum absolute atomic E-state index is 4.62. The summed E-state index contributed by atoms with van der Waals surface area (Å²) >= 11 is 0. The highest BCUT2D eigenvalue weighted by Gasteiger charge is 2.19. The third-order valence-corrected chi connectivity index (χ3v) is 3.90. The van der Waals surface area contributed by atoms with E-state index in [0.717, 1.165) is 30.4 Å². The van der Waals surface area contributed by atoms with Gasteiger partial charge in [-0.2, -0.15) is 0 Å². The maximum atomic E-state index is 4.62. The van der Waals surface area contributed by atoms with Crippen molar-refractivity contribution in [1.82, 2.24) is 14.8 Å². The average molecular weight is 292 g/mol. The van der Waals surface area contributed by atoms with E-state index >= 15 is 0 Å². The number of aromatic nitrogens is 4. The predicted molar refractivity (Wildman–Crippen MR) is 87.1 cm³/mol. The van der Waals surface area contributed by atoms with Gasteiger partial charge in [-0.1, -0.05) is 43.7 Å². The first kappa shape index (κ1) is 13.0. The van der Waals surface area contributed by atoms with E-state index in [1.807, 2.05) is 21.4 Å². The molecule has 1 N–H and O–H groups in total. The molecule has 2 heterocycles. The minimum Gasteiger partial charge on any atom is -0.328 e. The molecule has 0 spiro atoms. The van der Waals surface area contributed by atoms with E-state index in [1.165, 1.54) is 10.8 Å². The van der Waals surface area contributed by atoms with Gasteiger partial charge in [0, 0.05) is 27.0 Å². The molecule has 5 heteroatoms. The zero-order valence-corrected chi connectivity index (χ0v) is 12.5. The van der Waals surface area contributed by atoms with Crippen molar-refractivity contribution in [2.24, 2.45) is 0 Å². The Morgan fingerprint density at radius 3 is 2.68 bits per heavy atom. The minimum atomic E-state index is 0.667. The van der Waals surface area contributed by atoms with Crippen LogP contribution in [0.15, 0.2) is 48.5 Å². The van der Waals surface area contributed by atoms with Gasteiger partial charge in [0.05, 0.1) is 5.10 Å². The highest BCUT2D eigenvalue weighted by Crippen LogP contribution is 2.21. The Labute approximate surface area is 128 Å². The van der Waals surface area contributed by atoms with Gasteiger partial charge in [-0.3, -0.25) is 0 Å². The summed E-state index contributed by atoms with van der Waals surface area (Å²) in [6.07, 6.45) is 2.26. The second-order valence-corrected chi connectivity index (χ2v) is 5.42. The molecule has 0 saturated heterocycles. The fourth-order valence-corrected chi connectivity index (χ4v) is 2.80. The molecule has 0 amide bonds. The number of benzene rings is 2. The quantitative estimate of drug-likeness (QED) is 0.357. The van der Waals surface area contributed by atoms with Crippen LogP contribution in [-0.4, -0.2) is 21.4 Å². The summed E-state index contributed by atoms with van der Waals surface area (Å²) in [5.74, 6) is 0.667. The van der Waals surface area contributed by atoms with E-state index < -0.39 is 0 Å². The average Bonchev–Trinajstić information content (AvgIpc) is 3.00. The Kier molecular flexibility index (Phi) is 3.11. The van der Waals surface area contributed by atoms with Crippen molar-refractivity contribution in [2.75, 3.05) is 11.9 Å². The number of tetrazole rings is 1. The van der Waals surface area contributed by atoms with Gasteiger partial charge in [-0.25, -0.2) is 0 Å². The van der Waals surface area contributed by atoms with Gasteiger partial charge in [-0.05, 0) is 29.3 Å². The van der Waals surface area contributed by atoms with E-state index in [1.54, 1.807) is 0 Å². The number of nitrogens with zero attached hydrogens (tertiary/aromatic N) is 4. The molecule has 2 aromatic heterocycles. The number of fused-ring (bicyclic) bond motifs is 6. The number of unbranched alkanes of at least 4 members (excludes halogenated alkanes) is 1. The van der Waals surface area contributed by atoms with Crippen LogP contribution >= 0.6 is 0 Å². The summed E-state index contributed by atoms with van der Waals surface area (Å²) < 4.78 is 3.73. The molecule has 4 aromatic rings. The van der Waals surface area contributed by atoms with E-state index in [2.05, 4.69) is 58.8 Å². The van der Waals surface area contributed by atoms with Crippen molar-refractivity contribution in [3.63, 3.8) is 0 Å². The van der Waals surface area contributed by atoms with E-state index in [-0.39, 0.29) is 0 Å². The second-order valence-electron chi connectivity index (χ2n) is 5.42. The molecule has 5 nitrogen and oxygen atoms in total. The minimum absolute atomic E-state index is 0.667. The second kappa shape index (κ2) is 5.26. The van der Waals surface area contributed by atoms with Crippen LogP contribution in [0.2, 0.25) is 0 Å². The maximum Gasteiger partial charge on any atom is 0.402 e. The predicted octanol–water partition coefficient (Wildman–Crippen LogP) is 2.83. The molecule has 4 rings (SSSR count). The first-order valence-electron chi connectivity index (χ1n) is 7.71. The Bertz CT molecular complexity index is 884. The van der Waals surface area contributed by atoms with Crippen molar-refractivity contribution in [2.45, 2.75) is 19.8 Å². The summed E-state index contributed by atoms with van der Waals surface area (Å²) in [5, 5.41) is 14.9. The first-order valence-corrected chi connectivity index (χ1v) is 7.71. The van der Waals surface area contributed by atoms with Crippen molar-refractivity contribution < 1.29 is 4.63 Å². The van der Waals surface area contributed by atoms with Crippen LogP contribution in [0.25, 0.3) is 21.8 Å². The van der Waals surface area contributed by atoms with Crippen LogP contribution in [-0.2, 0) is 0 Å². The number of rotatable bonds is 4. The molecule has 0 fully saturated rings. The molecule has 0 bridgehead atoms. The molecule has 0 atom stereocenters. The van der Waals surface area contributed by atoms with Crippen molar-refractivity contribution in [3.8, 4) is 0 Å². The van der Waals surface area contributed by atoms with Crippen LogP contribution in [0, 0.1) is 0 Å². The number of anilines is 1. The summed E-state index contributed by atoms with van der Waals surface area (Å²) in [6, 6.07) is 16.6. The van der Waals surface area contributed by atoms with E-state index in [9.17, 15) is 0 Å². The molecule has 0 saturated carbocycles. The van der Waals surface area contributed by atoms with Gasteiger partial charge in [0.1, 0.15) is 5.52 Å². The Morgan fingerprint density at radius 2 is 1.82 bits per heavy atom. The lowest BCUT2D eigenvalue weighted by atomic mass is 10.1. The van der Waals surface area contributed by atoms with Crippen molar-refractivity contribution >= 4 is 27.8 Å². The fourth-order valence-electron chi connectivity index (χ4n) is 2.80. The highest BCUT2D eigenvalue weighted by molar-refractivity contribution is 6.02. The lowest BCUT2D eigenvalue weighted by Gasteiger charge is -2.00. The van der Waals surface area contributed by atoms with Crippen molar-refractivity contribution in [1.29, 1.82) is 0 Å². The Balaban J connectivity index is 2.01. The lowest BCUT2D eigenvalue weighted by molar-refractivity contribution is -0.651. The molecular weight excluding hydrogens is 274 g/mol. The van der Waals surface area contributed by atoms with Gasteiger partial charge in [0.15, 0.2) is 5.52 Å². The molecular formula is C17H18N5+. The molecule has 2 aromatic carbocycles. The Hall–Kier alpha value is -2.69. The largest absolute Gasteiger partial charge is 0.402 e. The van der Waals surface area contributed by atoms with Crippen LogP contribution in [0.5, 0.6) is 0 Å². The molecule has 0 aliphatic heterocycles. The zero-order chi connectivity index (χ0) is 14.9. The number of nitrogens with one attached hydrogen (secondary N) is 1.